The van der Waals surface area contributed by atoms with Crippen molar-refractivity contribution < 1.29 is 19.1 Å². The molecule has 1 saturated heterocycles. The molecule has 2 fully saturated rings. The van der Waals surface area contributed by atoms with Gasteiger partial charge in [0.1, 0.15) is 6.04 Å². The zero-order valence-corrected chi connectivity index (χ0v) is 24.3. The number of nitrogens with zero attached hydrogens (tertiary/aromatic N) is 3. The number of hydrogen-bond donors (Lipinski definition) is 1. The number of para-hydroxylation sites is 1. The molecule has 0 spiro atoms. The molecule has 2 aliphatic rings. The summed E-state index contributed by atoms with van der Waals surface area (Å²) >= 11 is 0. The molecule has 1 aromatic heterocycles. The maximum Gasteiger partial charge on any atom is 0.338 e. The SMILES string of the molecule is CCOC(=O)c1ccc(NC(=O)[C@@H]2CCCN2C(=O)c2ccc3c(c2)c(=O)n(-c2ccccc2)n3C2CCCCC2)cc1. The first-order valence-electron chi connectivity index (χ1n) is 15.2. The van der Waals surface area contributed by atoms with E-state index in [1.807, 2.05) is 36.4 Å². The second-order valence-electron chi connectivity index (χ2n) is 11.3. The van der Waals surface area contributed by atoms with Crippen LogP contribution in [0.15, 0.2) is 77.6 Å². The summed E-state index contributed by atoms with van der Waals surface area (Å²) in [5.74, 6) is -0.978. The van der Waals surface area contributed by atoms with Gasteiger partial charge in [-0.15, -0.1) is 0 Å². The minimum atomic E-state index is -0.638. The molecule has 0 radical (unpaired) electrons. The van der Waals surface area contributed by atoms with Crippen molar-refractivity contribution in [3.63, 3.8) is 0 Å². The maximum atomic E-state index is 13.9. The molecule has 1 aliphatic carbocycles. The normalized spacial score (nSPS) is 17.2. The quantitative estimate of drug-likeness (QED) is 0.282. The predicted octanol–water partition coefficient (Wildman–Crippen LogP) is 5.72. The average Bonchev–Trinajstić information content (AvgIpc) is 3.65. The highest BCUT2D eigenvalue weighted by Crippen LogP contribution is 2.32. The van der Waals surface area contributed by atoms with E-state index in [2.05, 4.69) is 10.00 Å². The lowest BCUT2D eigenvalue weighted by atomic mass is 9.95. The summed E-state index contributed by atoms with van der Waals surface area (Å²) in [6, 6.07) is 21.1. The van der Waals surface area contributed by atoms with Gasteiger partial charge in [-0.1, -0.05) is 37.5 Å². The zero-order valence-electron chi connectivity index (χ0n) is 24.3. The minimum Gasteiger partial charge on any atom is -0.462 e. The third kappa shape index (κ3) is 5.59. The number of rotatable bonds is 7. The fourth-order valence-corrected chi connectivity index (χ4v) is 6.43. The Balaban J connectivity index is 1.27. The Bertz CT molecular complexity index is 1700. The van der Waals surface area contributed by atoms with E-state index in [0.717, 1.165) is 36.9 Å². The van der Waals surface area contributed by atoms with Gasteiger partial charge in [0.15, 0.2) is 0 Å². The largest absolute Gasteiger partial charge is 0.462 e. The Hall–Kier alpha value is -4.66. The zero-order chi connectivity index (χ0) is 29.9. The molecule has 1 aliphatic heterocycles. The van der Waals surface area contributed by atoms with Gasteiger partial charge in [0.05, 0.1) is 34.8 Å². The van der Waals surface area contributed by atoms with E-state index in [1.165, 1.54) is 6.42 Å². The number of anilines is 1. The number of fused-ring (bicyclic) bond motifs is 1. The Kier molecular flexibility index (Phi) is 8.13. The van der Waals surface area contributed by atoms with Crippen molar-refractivity contribution >= 4 is 34.4 Å². The number of esters is 1. The highest BCUT2D eigenvalue weighted by atomic mass is 16.5. The first-order valence-corrected chi connectivity index (χ1v) is 15.2. The number of amides is 2. The summed E-state index contributed by atoms with van der Waals surface area (Å²) in [6.07, 6.45) is 6.70. The van der Waals surface area contributed by atoms with Gasteiger partial charge in [0, 0.05) is 17.8 Å². The molecular formula is C34H36N4O5. The molecule has 222 valence electrons. The van der Waals surface area contributed by atoms with Crippen LogP contribution in [0.4, 0.5) is 5.69 Å². The van der Waals surface area contributed by atoms with Gasteiger partial charge in [-0.2, -0.15) is 0 Å². The third-order valence-electron chi connectivity index (χ3n) is 8.53. The van der Waals surface area contributed by atoms with Crippen LogP contribution in [0, 0.1) is 0 Å². The van der Waals surface area contributed by atoms with Gasteiger partial charge in [0.2, 0.25) is 5.91 Å². The van der Waals surface area contributed by atoms with Gasteiger partial charge < -0.3 is 15.0 Å². The summed E-state index contributed by atoms with van der Waals surface area (Å²) in [4.78, 5) is 54.5. The standard InChI is InChI=1S/C34H36N4O5/c1-2-43-34(42)23-15-18-25(19-16-23)35-31(39)30-14-9-21-36(30)32(40)24-17-20-29-28(22-24)33(41)38(27-12-7-4-8-13-27)37(29)26-10-5-3-6-11-26/h4,7-8,12-13,15-20,22,26,30H,2-3,5-6,9-11,14,21H2,1H3,(H,35,39)/t30-/m0/s1. The molecule has 0 unspecified atom stereocenters. The molecular weight excluding hydrogens is 544 g/mol. The molecule has 43 heavy (non-hydrogen) atoms. The van der Waals surface area contributed by atoms with Crippen molar-refractivity contribution in [2.75, 3.05) is 18.5 Å². The van der Waals surface area contributed by atoms with Crippen molar-refractivity contribution in [1.29, 1.82) is 0 Å². The second kappa shape index (κ2) is 12.3. The summed E-state index contributed by atoms with van der Waals surface area (Å²) in [7, 11) is 0. The van der Waals surface area contributed by atoms with Crippen LogP contribution in [0.3, 0.4) is 0 Å². The molecule has 1 N–H and O–H groups in total. The maximum absolute atomic E-state index is 13.9. The Morgan fingerprint density at radius 1 is 0.860 bits per heavy atom. The van der Waals surface area contributed by atoms with Gasteiger partial charge in [0.25, 0.3) is 11.5 Å². The molecule has 6 rings (SSSR count). The van der Waals surface area contributed by atoms with Crippen LogP contribution in [0.25, 0.3) is 16.6 Å². The van der Waals surface area contributed by atoms with Gasteiger partial charge in [-0.3, -0.25) is 19.1 Å². The van der Waals surface area contributed by atoms with Crippen molar-refractivity contribution in [1.82, 2.24) is 14.3 Å². The van der Waals surface area contributed by atoms with E-state index < -0.39 is 12.0 Å². The van der Waals surface area contributed by atoms with Crippen molar-refractivity contribution in [3.8, 4) is 5.69 Å². The van der Waals surface area contributed by atoms with Gasteiger partial charge >= 0.3 is 5.97 Å². The van der Waals surface area contributed by atoms with Crippen molar-refractivity contribution in [2.24, 2.45) is 0 Å². The van der Waals surface area contributed by atoms with Crippen LogP contribution >= 0.6 is 0 Å². The fraction of sp³-hybridized carbons (Fsp3) is 0.353. The topological polar surface area (TPSA) is 103 Å². The van der Waals surface area contributed by atoms with Crippen LogP contribution in [0.5, 0.6) is 0 Å². The lowest BCUT2D eigenvalue weighted by Crippen LogP contribution is -2.43. The van der Waals surface area contributed by atoms with E-state index in [1.54, 1.807) is 52.9 Å². The van der Waals surface area contributed by atoms with E-state index in [4.69, 9.17) is 4.74 Å². The number of aromatic nitrogens is 2. The predicted molar refractivity (Wildman–Crippen MR) is 165 cm³/mol. The second-order valence-corrected chi connectivity index (χ2v) is 11.3. The molecule has 9 nitrogen and oxygen atoms in total. The smallest absolute Gasteiger partial charge is 0.338 e. The molecule has 0 bridgehead atoms. The van der Waals surface area contributed by atoms with Crippen LogP contribution < -0.4 is 10.9 Å². The third-order valence-corrected chi connectivity index (χ3v) is 8.53. The monoisotopic (exact) mass is 580 g/mol. The van der Waals surface area contributed by atoms with Crippen LogP contribution in [-0.2, 0) is 9.53 Å². The lowest BCUT2D eigenvalue weighted by Gasteiger charge is -2.27. The van der Waals surface area contributed by atoms with Crippen molar-refractivity contribution in [3.05, 3.63) is 94.3 Å². The molecule has 9 heteroatoms. The molecule has 2 heterocycles. The minimum absolute atomic E-state index is 0.150. The van der Waals surface area contributed by atoms with Crippen LogP contribution in [0.1, 0.15) is 78.6 Å². The number of nitrogens with one attached hydrogen (secondary N) is 1. The Morgan fingerprint density at radius 2 is 1.58 bits per heavy atom. The van der Waals surface area contributed by atoms with E-state index >= 15 is 0 Å². The molecule has 1 saturated carbocycles. The Morgan fingerprint density at radius 3 is 2.30 bits per heavy atom. The first kappa shape index (κ1) is 28.5. The van der Waals surface area contributed by atoms with E-state index in [0.29, 0.717) is 41.6 Å². The summed E-state index contributed by atoms with van der Waals surface area (Å²) in [5, 5.41) is 3.38. The molecule has 3 aromatic carbocycles. The highest BCUT2D eigenvalue weighted by molar-refractivity contribution is 6.03. The van der Waals surface area contributed by atoms with E-state index in [-0.39, 0.29) is 30.0 Å². The fourth-order valence-electron chi connectivity index (χ4n) is 6.43. The van der Waals surface area contributed by atoms with Crippen LogP contribution in [0.2, 0.25) is 0 Å². The van der Waals surface area contributed by atoms with Gasteiger partial charge in [-0.25, -0.2) is 9.48 Å². The molecule has 2 amide bonds. The number of likely N-dealkylation sites (tertiary alicyclic amines) is 1. The number of ether oxygens (including phenoxy) is 1. The number of carbonyl (C=O) groups is 3. The summed E-state index contributed by atoms with van der Waals surface area (Å²) in [6.45, 7) is 2.48. The Labute approximate surface area is 250 Å². The van der Waals surface area contributed by atoms with Crippen molar-refractivity contribution in [2.45, 2.75) is 64.0 Å². The average molecular weight is 581 g/mol. The lowest BCUT2D eigenvalue weighted by molar-refractivity contribution is -0.119. The van der Waals surface area contributed by atoms with Gasteiger partial charge in [-0.05, 0) is 87.2 Å². The molecule has 1 atom stereocenters. The summed E-state index contributed by atoms with van der Waals surface area (Å²) < 4.78 is 8.90. The summed E-state index contributed by atoms with van der Waals surface area (Å²) in [5.41, 5.74) is 2.79. The highest BCUT2D eigenvalue weighted by Gasteiger charge is 2.35. The number of hydrogen-bond acceptors (Lipinski definition) is 5. The number of benzene rings is 3. The molecule has 4 aromatic rings. The number of carbonyl (C=O) groups excluding carboxylic acids is 3. The van der Waals surface area contributed by atoms with Crippen LogP contribution in [-0.4, -0.2) is 51.2 Å². The van der Waals surface area contributed by atoms with E-state index in [9.17, 15) is 19.2 Å². The first-order chi connectivity index (χ1) is 21.0.